The van der Waals surface area contributed by atoms with Crippen molar-refractivity contribution < 1.29 is 0 Å². The van der Waals surface area contributed by atoms with E-state index in [0.29, 0.717) is 0 Å². The van der Waals surface area contributed by atoms with Crippen LogP contribution in [0.15, 0.2) is 40.1 Å². The third-order valence-corrected chi connectivity index (χ3v) is 2.72. The van der Waals surface area contributed by atoms with E-state index in [0.717, 1.165) is 11.2 Å². The van der Waals surface area contributed by atoms with Crippen LogP contribution < -0.4 is 16.7 Å². The van der Waals surface area contributed by atoms with Crippen molar-refractivity contribution in [3.8, 4) is 0 Å². The molecule has 0 aliphatic rings. The van der Waals surface area contributed by atoms with E-state index in [1.165, 1.54) is 6.34 Å². The molecule has 19 heavy (non-hydrogen) atoms. The predicted octanol–water partition coefficient (Wildman–Crippen LogP) is -1.01. The van der Waals surface area contributed by atoms with E-state index in [9.17, 15) is 0 Å². The highest BCUT2D eigenvalue weighted by molar-refractivity contribution is 5.52. The molecular weight excluding hydrogens is 244 g/mol. The average Bonchev–Trinajstić information content (AvgIpc) is 2.86. The smallest absolute Gasteiger partial charge is 0.229 e. The van der Waals surface area contributed by atoms with Crippen molar-refractivity contribution in [3.05, 3.63) is 36.0 Å². The molecule has 102 valence electrons. The zero-order valence-corrected chi connectivity index (χ0v) is 11.5. The first-order valence-electron chi connectivity index (χ1n) is 5.80. The van der Waals surface area contributed by atoms with Gasteiger partial charge in [-0.3, -0.25) is 5.43 Å². The first kappa shape index (κ1) is 12.9. The summed E-state index contributed by atoms with van der Waals surface area (Å²) >= 11 is 0. The van der Waals surface area contributed by atoms with Crippen LogP contribution in [0.25, 0.3) is 0 Å². The Morgan fingerprint density at radius 1 is 0.842 bits per heavy atom. The molecule has 0 atom stereocenters. The summed E-state index contributed by atoms with van der Waals surface area (Å²) < 4.78 is 7.56. The maximum atomic E-state index is 4.18. The van der Waals surface area contributed by atoms with Crippen molar-refractivity contribution in [2.45, 2.75) is 0 Å². The van der Waals surface area contributed by atoms with Crippen LogP contribution in [0.2, 0.25) is 0 Å². The Morgan fingerprint density at radius 2 is 1.32 bits per heavy atom. The largest absolute Gasteiger partial charge is 0.319 e. The van der Waals surface area contributed by atoms with Gasteiger partial charge in [-0.15, -0.1) is 15.3 Å². The predicted molar refractivity (Wildman–Crippen MR) is 71.5 cm³/mol. The van der Waals surface area contributed by atoms with Crippen LogP contribution >= 0.6 is 0 Å². The van der Waals surface area contributed by atoms with Gasteiger partial charge in [-0.05, 0) is 0 Å². The maximum absolute atomic E-state index is 4.18. The van der Waals surface area contributed by atoms with Gasteiger partial charge in [-0.2, -0.15) is 0 Å². The summed E-state index contributed by atoms with van der Waals surface area (Å²) in [4.78, 5) is 0. The molecule has 0 saturated heterocycles. The van der Waals surface area contributed by atoms with E-state index in [1.807, 2.05) is 71.2 Å². The van der Waals surface area contributed by atoms with E-state index in [-0.39, 0.29) is 0 Å². The Kier molecular flexibility index (Phi) is 3.69. The maximum Gasteiger partial charge on any atom is 0.229 e. The summed E-state index contributed by atoms with van der Waals surface area (Å²) in [7, 11) is 7.67. The topological polar surface area (TPSA) is 68.8 Å². The molecule has 0 radical (unpaired) electrons. The van der Waals surface area contributed by atoms with Crippen molar-refractivity contribution in [1.29, 1.82) is 0 Å². The number of nitrogens with zero attached hydrogens (tertiary/aromatic N) is 7. The molecule has 2 aromatic heterocycles. The van der Waals surface area contributed by atoms with Gasteiger partial charge in [0.2, 0.25) is 11.2 Å². The molecule has 0 aromatic carbocycles. The van der Waals surface area contributed by atoms with Crippen molar-refractivity contribution in [3.63, 3.8) is 0 Å². The van der Waals surface area contributed by atoms with Gasteiger partial charge in [0, 0.05) is 53.0 Å². The van der Waals surface area contributed by atoms with Gasteiger partial charge in [0.25, 0.3) is 0 Å². The molecular formula is C11H18N8. The van der Waals surface area contributed by atoms with Gasteiger partial charge in [0.05, 0.1) is 0 Å². The van der Waals surface area contributed by atoms with Crippen molar-refractivity contribution in [1.82, 2.24) is 23.7 Å². The Labute approximate surface area is 110 Å². The fourth-order valence-corrected chi connectivity index (χ4v) is 1.66. The van der Waals surface area contributed by atoms with Gasteiger partial charge in [0.1, 0.15) is 6.34 Å². The first-order valence-corrected chi connectivity index (χ1v) is 5.80. The zero-order chi connectivity index (χ0) is 13.8. The quantitative estimate of drug-likeness (QED) is 0.430. The normalized spacial score (nSPS) is 10.9. The second-order valence-electron chi connectivity index (χ2n) is 4.23. The van der Waals surface area contributed by atoms with Crippen LogP contribution in [0.5, 0.6) is 0 Å². The summed E-state index contributed by atoms with van der Waals surface area (Å²) in [6.07, 6.45) is 9.12. The number of rotatable bonds is 3. The van der Waals surface area contributed by atoms with Crippen LogP contribution in [0.3, 0.4) is 0 Å². The van der Waals surface area contributed by atoms with E-state index in [1.54, 1.807) is 0 Å². The summed E-state index contributed by atoms with van der Waals surface area (Å²) in [5, 5.41) is 12.2. The molecule has 2 rings (SSSR count). The van der Waals surface area contributed by atoms with Gasteiger partial charge in [-0.1, -0.05) is 0 Å². The zero-order valence-electron chi connectivity index (χ0n) is 11.5. The lowest BCUT2D eigenvalue weighted by Gasteiger charge is -1.94. The fourth-order valence-electron chi connectivity index (χ4n) is 1.66. The molecule has 0 unspecified atom stereocenters. The number of hydrogen-bond donors (Lipinski definition) is 1. The van der Waals surface area contributed by atoms with Crippen LogP contribution in [0.1, 0.15) is 0 Å². The fraction of sp³-hybridized carbons (Fsp3) is 0.364. The highest BCUT2D eigenvalue weighted by atomic mass is 15.4. The first-order chi connectivity index (χ1) is 9.09. The van der Waals surface area contributed by atoms with Gasteiger partial charge < -0.3 is 18.3 Å². The van der Waals surface area contributed by atoms with E-state index >= 15 is 0 Å². The highest BCUT2D eigenvalue weighted by Gasteiger charge is 1.91. The number of hydrogen-bond acceptors (Lipinski definition) is 3. The Hall–Kier alpha value is -2.51. The van der Waals surface area contributed by atoms with Gasteiger partial charge >= 0.3 is 0 Å². The second kappa shape index (κ2) is 5.42. The molecule has 8 nitrogen and oxygen atoms in total. The monoisotopic (exact) mass is 262 g/mol. The molecule has 0 saturated carbocycles. The number of imidazole rings is 2. The van der Waals surface area contributed by atoms with Crippen LogP contribution in [0.4, 0.5) is 0 Å². The van der Waals surface area contributed by atoms with E-state index in [4.69, 9.17) is 0 Å². The molecule has 2 heterocycles. The highest BCUT2D eigenvalue weighted by Crippen LogP contribution is 1.77. The third-order valence-electron chi connectivity index (χ3n) is 2.72. The van der Waals surface area contributed by atoms with Crippen molar-refractivity contribution in [2.24, 2.45) is 43.5 Å². The average molecular weight is 262 g/mol. The van der Waals surface area contributed by atoms with Crippen molar-refractivity contribution in [2.75, 3.05) is 0 Å². The summed E-state index contributed by atoms with van der Waals surface area (Å²) in [5.74, 6) is 0. The Balaban J connectivity index is 2.11. The molecule has 8 heteroatoms. The summed E-state index contributed by atoms with van der Waals surface area (Å²) in [5.41, 5.74) is 4.29. The van der Waals surface area contributed by atoms with Crippen LogP contribution in [-0.4, -0.2) is 24.6 Å². The lowest BCUT2D eigenvalue weighted by atomic mass is 10.9. The minimum atomic E-state index is 0.752. The molecule has 1 N–H and O–H groups in total. The molecule has 0 aliphatic heterocycles. The Bertz CT molecular complexity index is 661. The minimum Gasteiger partial charge on any atom is -0.319 e. The molecule has 0 aliphatic carbocycles. The SMILES string of the molecule is Cn1ccn(C)c1=NN=CNN=c1n(C)ccn1C. The summed E-state index contributed by atoms with van der Waals surface area (Å²) in [6, 6.07) is 0. The number of aromatic nitrogens is 4. The van der Waals surface area contributed by atoms with Gasteiger partial charge in [-0.25, -0.2) is 0 Å². The van der Waals surface area contributed by atoms with Gasteiger partial charge in [0.15, 0.2) is 0 Å². The number of aryl methyl sites for hydroxylation is 4. The molecule has 0 bridgehead atoms. The molecule has 0 fully saturated rings. The van der Waals surface area contributed by atoms with E-state index in [2.05, 4.69) is 20.7 Å². The number of nitrogens with one attached hydrogen (secondary N) is 1. The lowest BCUT2D eigenvalue weighted by Crippen LogP contribution is -2.25. The molecule has 0 spiro atoms. The van der Waals surface area contributed by atoms with Crippen LogP contribution in [0, 0.1) is 0 Å². The summed E-state index contributed by atoms with van der Waals surface area (Å²) in [6.45, 7) is 0. The standard InChI is InChI=1S/C11H18N8/c1-16-5-6-17(2)10(16)14-12-9-13-15-11-18(3)7-8-19(11)4/h5-9H,1-4H3,(H,12,13). The lowest BCUT2D eigenvalue weighted by molar-refractivity contribution is 0.706. The molecule has 2 aromatic rings. The Morgan fingerprint density at radius 3 is 1.84 bits per heavy atom. The van der Waals surface area contributed by atoms with E-state index < -0.39 is 0 Å². The van der Waals surface area contributed by atoms with Crippen molar-refractivity contribution >= 4 is 6.34 Å². The minimum absolute atomic E-state index is 0.752. The second-order valence-corrected chi connectivity index (χ2v) is 4.23. The third kappa shape index (κ3) is 2.84. The molecule has 0 amide bonds. The van der Waals surface area contributed by atoms with Crippen LogP contribution in [-0.2, 0) is 28.2 Å².